The summed E-state index contributed by atoms with van der Waals surface area (Å²) in [5, 5.41) is 23.0. The smallest absolute Gasteiger partial charge is 0.311 e. The number of carbonyl (C=O) groups excluding carboxylic acids is 3. The van der Waals surface area contributed by atoms with Gasteiger partial charge in [0.2, 0.25) is 11.8 Å². The van der Waals surface area contributed by atoms with Crippen molar-refractivity contribution in [1.82, 2.24) is 20.5 Å². The zero-order chi connectivity index (χ0) is 36.9. The molecule has 4 N–H and O–H groups in total. The predicted molar refractivity (Wildman–Crippen MR) is 196 cm³/mol. The Balaban J connectivity index is 1.62. The number of likely N-dealkylation sites (tertiary alicyclic amines) is 1. The summed E-state index contributed by atoms with van der Waals surface area (Å²) in [5.41, 5.74) is 0.884. The summed E-state index contributed by atoms with van der Waals surface area (Å²) in [6.45, 7) is 9.64. The first-order valence-electron chi connectivity index (χ1n) is 17.4. The molecule has 4 rings (SSSR count). The van der Waals surface area contributed by atoms with E-state index in [0.717, 1.165) is 55.3 Å². The minimum Gasteiger partial charge on any atom is -0.469 e. The Hall–Kier alpha value is -3.07. The quantitative estimate of drug-likeness (QED) is 0.212. The lowest BCUT2D eigenvalue weighted by molar-refractivity contribution is -0.139. The van der Waals surface area contributed by atoms with Gasteiger partial charge in [0, 0.05) is 30.3 Å². The molecule has 0 unspecified atom stereocenters. The van der Waals surface area contributed by atoms with E-state index in [2.05, 4.69) is 25.8 Å². The minimum absolute atomic E-state index is 0.0634. The summed E-state index contributed by atoms with van der Waals surface area (Å²) in [4.78, 5) is 46.2. The van der Waals surface area contributed by atoms with Crippen molar-refractivity contribution >= 4 is 44.1 Å². The Labute approximate surface area is 301 Å². The number of aliphatic hydroxyl groups is 1. The number of aromatic nitrogens is 1. The van der Waals surface area contributed by atoms with Crippen LogP contribution in [0.5, 0.6) is 0 Å². The second-order valence-corrected chi connectivity index (χ2v) is 18.9. The van der Waals surface area contributed by atoms with Crippen molar-refractivity contribution in [1.29, 1.82) is 0 Å². The number of ether oxygens (including phenoxy) is 1. The molecule has 278 valence electrons. The normalized spacial score (nSPS) is 22.0. The Bertz CT molecular complexity index is 1570. The standard InChI is InChI=1S/C36H55N5O7S2/c1-35(2,3)40-32(44)28-18-24-15-11-12-16-25(24)20-41(28)21-29(42)27(17-23-13-9-8-10-14-23)38-33(45)31(36(4,5)50(7,46)47)39-34-37-26(22-49-34)19-30(43)48-6/h8-10,13-14,22,24-25,27-29,31,42H,11-12,15-21H2,1-7H3,(H,37,39)(H,38,45)(H,40,44)/t24-,25+,27-,28-,29+,31+/m0/s1. The molecule has 2 aliphatic rings. The number of fused-ring (bicyclic) bond motifs is 1. The Morgan fingerprint density at radius 1 is 1.08 bits per heavy atom. The van der Waals surface area contributed by atoms with Gasteiger partial charge in [-0.25, -0.2) is 13.4 Å². The SMILES string of the molecule is COC(=O)Cc1csc(N[C@H](C(=O)N[C@@H](Cc2ccccc2)[C@H](O)CN2C[C@H]3CCCC[C@H]3C[C@H]2C(=O)NC(C)(C)C)C(C)(C)S(C)(=O)=O)n1. The largest absolute Gasteiger partial charge is 0.469 e. The maximum atomic E-state index is 14.3. The van der Waals surface area contributed by atoms with Crippen LogP contribution in [-0.2, 0) is 41.8 Å². The number of carbonyl (C=O) groups is 3. The number of aliphatic hydroxyl groups excluding tert-OH is 1. The van der Waals surface area contributed by atoms with Crippen LogP contribution < -0.4 is 16.0 Å². The number of sulfone groups is 1. The van der Waals surface area contributed by atoms with Gasteiger partial charge in [-0.3, -0.25) is 19.3 Å². The molecule has 2 amide bonds. The summed E-state index contributed by atoms with van der Waals surface area (Å²) in [6, 6.07) is 6.94. The first-order valence-corrected chi connectivity index (χ1v) is 20.2. The molecule has 14 heteroatoms. The van der Waals surface area contributed by atoms with E-state index in [1.165, 1.54) is 21.0 Å². The van der Waals surface area contributed by atoms with Gasteiger partial charge in [-0.2, -0.15) is 0 Å². The zero-order valence-corrected chi connectivity index (χ0v) is 32.0. The van der Waals surface area contributed by atoms with Crippen LogP contribution >= 0.6 is 11.3 Å². The van der Waals surface area contributed by atoms with Gasteiger partial charge >= 0.3 is 5.97 Å². The number of methoxy groups -OCH3 is 1. The van der Waals surface area contributed by atoms with Gasteiger partial charge in [0.25, 0.3) is 0 Å². The molecule has 1 saturated heterocycles. The van der Waals surface area contributed by atoms with Crippen molar-refractivity contribution in [2.24, 2.45) is 11.8 Å². The van der Waals surface area contributed by atoms with Crippen LogP contribution in [0.2, 0.25) is 0 Å². The molecule has 6 atom stereocenters. The van der Waals surface area contributed by atoms with E-state index < -0.39 is 56.2 Å². The van der Waals surface area contributed by atoms with Crippen LogP contribution in [0.4, 0.5) is 5.13 Å². The number of anilines is 1. The van der Waals surface area contributed by atoms with Gasteiger partial charge < -0.3 is 25.8 Å². The molecule has 1 aliphatic heterocycles. The van der Waals surface area contributed by atoms with Crippen LogP contribution in [-0.4, -0.2) is 102 Å². The van der Waals surface area contributed by atoms with Crippen molar-refractivity contribution in [3.63, 3.8) is 0 Å². The molecule has 2 heterocycles. The van der Waals surface area contributed by atoms with Crippen LogP contribution in [0.3, 0.4) is 0 Å². The number of amides is 2. The second-order valence-electron chi connectivity index (χ2n) is 15.5. The molecule has 1 saturated carbocycles. The van der Waals surface area contributed by atoms with Gasteiger partial charge in [0.1, 0.15) is 6.04 Å². The summed E-state index contributed by atoms with van der Waals surface area (Å²) in [7, 11) is -2.52. The second kappa shape index (κ2) is 16.5. The molecule has 0 spiro atoms. The van der Waals surface area contributed by atoms with Crippen molar-refractivity contribution in [3.8, 4) is 0 Å². The summed E-state index contributed by atoms with van der Waals surface area (Å²) in [6.07, 6.45) is 5.41. The van der Waals surface area contributed by atoms with Crippen molar-refractivity contribution in [3.05, 3.63) is 47.0 Å². The third-order valence-electron chi connectivity index (χ3n) is 10.1. The Morgan fingerprint density at radius 2 is 1.74 bits per heavy atom. The molecular formula is C36H55N5O7S2. The van der Waals surface area contributed by atoms with Gasteiger partial charge in [-0.1, -0.05) is 49.6 Å². The lowest BCUT2D eigenvalue weighted by Gasteiger charge is -2.47. The number of benzene rings is 1. The number of nitrogens with zero attached hydrogens (tertiary/aromatic N) is 2. The zero-order valence-electron chi connectivity index (χ0n) is 30.4. The Morgan fingerprint density at radius 3 is 2.36 bits per heavy atom. The van der Waals surface area contributed by atoms with E-state index in [1.54, 1.807) is 5.38 Å². The fourth-order valence-electron chi connectivity index (χ4n) is 6.98. The average Bonchev–Trinajstić information content (AvgIpc) is 3.48. The molecule has 1 aromatic heterocycles. The monoisotopic (exact) mass is 733 g/mol. The van der Waals surface area contributed by atoms with E-state index in [9.17, 15) is 27.9 Å². The summed E-state index contributed by atoms with van der Waals surface area (Å²) < 4.78 is 29.3. The number of nitrogens with one attached hydrogen (secondary N) is 3. The number of hydrogen-bond acceptors (Lipinski definition) is 11. The lowest BCUT2D eigenvalue weighted by atomic mass is 9.72. The molecule has 12 nitrogen and oxygen atoms in total. The average molecular weight is 734 g/mol. The Kier molecular flexibility index (Phi) is 13.1. The first-order chi connectivity index (χ1) is 23.4. The maximum absolute atomic E-state index is 14.3. The molecule has 0 bridgehead atoms. The number of rotatable bonds is 14. The fourth-order valence-corrected chi connectivity index (χ4v) is 8.31. The molecular weight excluding hydrogens is 679 g/mol. The predicted octanol–water partition coefficient (Wildman–Crippen LogP) is 3.35. The van der Waals surface area contributed by atoms with Crippen molar-refractivity contribution in [2.75, 3.05) is 31.8 Å². The molecule has 1 aliphatic carbocycles. The van der Waals surface area contributed by atoms with Crippen LogP contribution in [0, 0.1) is 11.8 Å². The molecule has 2 aromatic rings. The molecule has 50 heavy (non-hydrogen) atoms. The summed E-state index contributed by atoms with van der Waals surface area (Å²) in [5.74, 6) is -0.277. The van der Waals surface area contributed by atoms with Gasteiger partial charge in [-0.15, -0.1) is 11.3 Å². The molecule has 1 aromatic carbocycles. The minimum atomic E-state index is -3.80. The molecule has 0 radical (unpaired) electrons. The van der Waals surface area contributed by atoms with Crippen molar-refractivity contribution < 1.29 is 32.6 Å². The first kappa shape index (κ1) is 39.7. The third kappa shape index (κ3) is 10.5. The summed E-state index contributed by atoms with van der Waals surface area (Å²) >= 11 is 1.14. The highest BCUT2D eigenvalue weighted by atomic mass is 32.2. The van der Waals surface area contributed by atoms with Crippen LogP contribution in [0.25, 0.3) is 0 Å². The van der Waals surface area contributed by atoms with Crippen LogP contribution in [0.15, 0.2) is 35.7 Å². The van der Waals surface area contributed by atoms with E-state index in [1.807, 2.05) is 51.1 Å². The van der Waals surface area contributed by atoms with E-state index in [4.69, 9.17) is 4.74 Å². The number of β-amino-alcohol motifs (C(OH)–C–C–N with tert-alkyl or cyclic N) is 1. The van der Waals surface area contributed by atoms with Gasteiger partial charge in [0.15, 0.2) is 15.0 Å². The van der Waals surface area contributed by atoms with Crippen molar-refractivity contribution in [2.45, 2.75) is 114 Å². The maximum Gasteiger partial charge on any atom is 0.311 e. The van der Waals surface area contributed by atoms with E-state index in [0.29, 0.717) is 24.1 Å². The van der Waals surface area contributed by atoms with E-state index >= 15 is 0 Å². The van der Waals surface area contributed by atoms with Gasteiger partial charge in [-0.05, 0) is 71.3 Å². The number of thiazole rings is 1. The van der Waals surface area contributed by atoms with Crippen LogP contribution in [0.1, 0.15) is 78.0 Å². The van der Waals surface area contributed by atoms with E-state index in [-0.39, 0.29) is 30.4 Å². The third-order valence-corrected chi connectivity index (χ3v) is 13.1. The highest BCUT2D eigenvalue weighted by Gasteiger charge is 2.46. The lowest BCUT2D eigenvalue weighted by Crippen LogP contribution is -2.62. The number of piperidine rings is 1. The number of esters is 1. The topological polar surface area (TPSA) is 167 Å². The fraction of sp³-hybridized carbons (Fsp3) is 0.667. The molecule has 2 fully saturated rings. The highest BCUT2D eigenvalue weighted by Crippen LogP contribution is 2.39. The highest BCUT2D eigenvalue weighted by molar-refractivity contribution is 7.92. The van der Waals surface area contributed by atoms with Gasteiger partial charge in [0.05, 0.1) is 42.2 Å². The number of hydrogen-bond donors (Lipinski definition) is 4.